The third kappa shape index (κ3) is 3.82. The van der Waals surface area contributed by atoms with Gasteiger partial charge in [0.25, 0.3) is 11.1 Å². The highest BCUT2D eigenvalue weighted by Crippen LogP contribution is 2.67. The van der Waals surface area contributed by atoms with Crippen LogP contribution in [0, 0.1) is 17.8 Å². The Morgan fingerprint density at radius 3 is 2.51 bits per heavy atom. The summed E-state index contributed by atoms with van der Waals surface area (Å²) in [5, 5.41) is 0. The highest BCUT2D eigenvalue weighted by molar-refractivity contribution is 5.78. The fourth-order valence-corrected chi connectivity index (χ4v) is 10.1. The van der Waals surface area contributed by atoms with Crippen LogP contribution < -0.4 is 11.1 Å². The summed E-state index contributed by atoms with van der Waals surface area (Å²) in [5.41, 5.74) is 2.48. The highest BCUT2D eigenvalue weighted by atomic mass is 16.5. The average molecular weight is 555 g/mol. The van der Waals surface area contributed by atoms with Gasteiger partial charge in [-0.05, 0) is 87.3 Å². The van der Waals surface area contributed by atoms with Crippen LogP contribution in [0.5, 0.6) is 0 Å². The Bertz CT molecular complexity index is 1650. The Morgan fingerprint density at radius 2 is 1.78 bits per heavy atom. The minimum Gasteiger partial charge on any atom is -0.468 e. The third-order valence-electron chi connectivity index (χ3n) is 11.4. The molecular weight excluding hydrogens is 516 g/mol. The number of ether oxygens (including phenoxy) is 1. The van der Waals surface area contributed by atoms with Crippen LogP contribution in [-0.2, 0) is 16.1 Å². The van der Waals surface area contributed by atoms with Gasteiger partial charge in [-0.3, -0.25) is 19.3 Å². The number of hydrogen-bond acceptors (Lipinski definition) is 6. The molecule has 6 bridgehead atoms. The number of aromatic nitrogens is 3. The van der Waals surface area contributed by atoms with Crippen LogP contribution in [0.15, 0.2) is 52.2 Å². The first-order chi connectivity index (χ1) is 19.9. The molecule has 2 aliphatic heterocycles. The van der Waals surface area contributed by atoms with E-state index in [4.69, 9.17) is 9.72 Å². The molecule has 2 saturated heterocycles. The molecule has 2 aromatic heterocycles. The molecule has 4 saturated carbocycles. The van der Waals surface area contributed by atoms with Crippen molar-refractivity contribution in [2.45, 2.75) is 94.4 Å². The Hall–Kier alpha value is -3.26. The van der Waals surface area contributed by atoms with E-state index in [9.17, 15) is 14.4 Å². The summed E-state index contributed by atoms with van der Waals surface area (Å²) in [5.74, 6) is 2.26. The van der Waals surface area contributed by atoms with Crippen molar-refractivity contribution < 1.29 is 9.53 Å². The molecule has 9 rings (SSSR count). The molecule has 0 amide bonds. The van der Waals surface area contributed by atoms with Crippen molar-refractivity contribution in [1.29, 1.82) is 0 Å². The number of nitrogens with zero attached hydrogens (tertiary/aromatic N) is 4. The van der Waals surface area contributed by atoms with E-state index < -0.39 is 5.97 Å². The van der Waals surface area contributed by atoms with E-state index in [2.05, 4.69) is 4.90 Å². The maximum Gasteiger partial charge on any atom is 0.325 e. The van der Waals surface area contributed by atoms with Gasteiger partial charge in [0.05, 0.1) is 18.1 Å². The number of fused-ring (bicyclic) bond motifs is 4. The van der Waals surface area contributed by atoms with E-state index in [0.29, 0.717) is 28.9 Å². The number of benzene rings is 1. The normalized spacial score (nSPS) is 33.9. The second kappa shape index (κ2) is 9.38. The van der Waals surface area contributed by atoms with E-state index >= 15 is 0 Å². The van der Waals surface area contributed by atoms with Crippen molar-refractivity contribution in [2.24, 2.45) is 17.8 Å². The minimum absolute atomic E-state index is 0.106. The first kappa shape index (κ1) is 25.5. The zero-order chi connectivity index (χ0) is 27.9. The smallest absolute Gasteiger partial charge is 0.325 e. The van der Waals surface area contributed by atoms with Crippen LogP contribution in [0.1, 0.15) is 70.3 Å². The summed E-state index contributed by atoms with van der Waals surface area (Å²) in [4.78, 5) is 46.5. The summed E-state index contributed by atoms with van der Waals surface area (Å²) in [7, 11) is 1.29. The number of rotatable bonds is 5. The molecule has 6 aliphatic rings. The summed E-state index contributed by atoms with van der Waals surface area (Å²) in [6.45, 7) is -0.211. The summed E-state index contributed by atoms with van der Waals surface area (Å²) >= 11 is 0. The van der Waals surface area contributed by atoms with Crippen molar-refractivity contribution >= 4 is 17.0 Å². The second-order valence-corrected chi connectivity index (χ2v) is 13.4. The van der Waals surface area contributed by atoms with Crippen molar-refractivity contribution in [3.05, 3.63) is 63.3 Å². The molecule has 7 atom stereocenters. The number of para-hydroxylation sites is 2. The molecular formula is C33H38N4O4. The van der Waals surface area contributed by atoms with E-state index in [1.54, 1.807) is 12.3 Å². The first-order valence-corrected chi connectivity index (χ1v) is 15.5. The molecule has 1 aromatic carbocycles. The monoisotopic (exact) mass is 554 g/mol. The van der Waals surface area contributed by atoms with E-state index in [0.717, 1.165) is 41.6 Å². The zero-order valence-corrected chi connectivity index (χ0v) is 23.7. The van der Waals surface area contributed by atoms with Crippen molar-refractivity contribution in [2.75, 3.05) is 7.11 Å². The summed E-state index contributed by atoms with van der Waals surface area (Å²) in [6.07, 6.45) is 14.4. The van der Waals surface area contributed by atoms with E-state index in [1.807, 2.05) is 28.8 Å². The lowest BCUT2D eigenvalue weighted by Crippen LogP contribution is -2.75. The predicted octanol–water partition coefficient (Wildman–Crippen LogP) is 4.53. The van der Waals surface area contributed by atoms with Gasteiger partial charge in [0.1, 0.15) is 12.2 Å². The quantitative estimate of drug-likeness (QED) is 0.431. The van der Waals surface area contributed by atoms with Crippen LogP contribution >= 0.6 is 0 Å². The SMILES string of the molecule is COC(=O)Cn1cc(-c2nc3ccccc3n(C3C[C@H]4CCC[C@@H](C3)N4[C@]34C[C@H]5CCC3[C@H](C5)C4)c2=O)ccc1=O. The molecule has 0 radical (unpaired) electrons. The molecule has 2 unspecified atom stereocenters. The Kier molecular flexibility index (Phi) is 5.82. The van der Waals surface area contributed by atoms with Gasteiger partial charge < -0.3 is 13.9 Å². The standard InChI is InChI=1S/C33H38N4O4/c1-41-30(39)19-35-18-21(10-12-29(35)38)31-32(40)36(28-8-3-2-7-27(28)34-31)25-14-23-5-4-6-24(15-25)37(23)33-16-20-9-11-26(33)22(13-20)17-33/h2-3,7-8,10,12,18,20,22-26H,4-6,9,11,13-17,19H2,1H3/t20-,22+,23-,24+,25?,26?,33-/m0/s1. The molecule has 8 nitrogen and oxygen atoms in total. The van der Waals surface area contributed by atoms with E-state index in [-0.39, 0.29) is 23.7 Å². The average Bonchev–Trinajstić information content (AvgIpc) is 2.97. The fraction of sp³-hybridized carbons (Fsp3) is 0.576. The molecule has 4 heterocycles. The number of esters is 1. The van der Waals surface area contributed by atoms with Gasteiger partial charge in [0.2, 0.25) is 0 Å². The molecule has 41 heavy (non-hydrogen) atoms. The van der Waals surface area contributed by atoms with Crippen molar-refractivity contribution in [1.82, 2.24) is 19.0 Å². The maximum atomic E-state index is 14.3. The van der Waals surface area contributed by atoms with Gasteiger partial charge in [0.15, 0.2) is 0 Å². The van der Waals surface area contributed by atoms with Gasteiger partial charge in [0, 0.05) is 41.5 Å². The lowest BCUT2D eigenvalue weighted by atomic mass is 9.42. The van der Waals surface area contributed by atoms with Crippen LogP contribution in [-0.4, -0.2) is 49.7 Å². The van der Waals surface area contributed by atoms with Crippen molar-refractivity contribution in [3.8, 4) is 11.3 Å². The Labute approximate surface area is 239 Å². The molecule has 3 aromatic rings. The number of pyridine rings is 1. The number of hydrogen-bond donors (Lipinski definition) is 0. The van der Waals surface area contributed by atoms with E-state index in [1.165, 1.54) is 69.1 Å². The van der Waals surface area contributed by atoms with Gasteiger partial charge in [-0.2, -0.15) is 0 Å². The lowest BCUT2D eigenvalue weighted by molar-refractivity contribution is -0.221. The van der Waals surface area contributed by atoms with Crippen LogP contribution in [0.2, 0.25) is 0 Å². The molecule has 4 aliphatic carbocycles. The van der Waals surface area contributed by atoms with Gasteiger partial charge >= 0.3 is 5.97 Å². The molecule has 6 fully saturated rings. The summed E-state index contributed by atoms with van der Waals surface area (Å²) in [6, 6.07) is 12.1. The van der Waals surface area contributed by atoms with Crippen LogP contribution in [0.3, 0.4) is 0 Å². The fourth-order valence-electron chi connectivity index (χ4n) is 10.1. The number of piperidine rings is 2. The van der Waals surface area contributed by atoms with Crippen LogP contribution in [0.25, 0.3) is 22.3 Å². The topological polar surface area (TPSA) is 86.4 Å². The van der Waals surface area contributed by atoms with Gasteiger partial charge in [-0.25, -0.2) is 4.98 Å². The third-order valence-corrected chi connectivity index (χ3v) is 11.4. The first-order valence-electron chi connectivity index (χ1n) is 15.5. The maximum absolute atomic E-state index is 14.3. The molecule has 8 heteroatoms. The van der Waals surface area contributed by atoms with Crippen molar-refractivity contribution in [3.63, 3.8) is 0 Å². The highest BCUT2D eigenvalue weighted by Gasteiger charge is 2.65. The zero-order valence-electron chi connectivity index (χ0n) is 23.7. The molecule has 0 spiro atoms. The van der Waals surface area contributed by atoms with Gasteiger partial charge in [-0.15, -0.1) is 0 Å². The minimum atomic E-state index is -0.519. The number of carbonyl (C=O) groups is 1. The van der Waals surface area contributed by atoms with Gasteiger partial charge in [-0.1, -0.05) is 25.0 Å². The lowest BCUT2D eigenvalue weighted by Gasteiger charge is -2.73. The summed E-state index contributed by atoms with van der Waals surface area (Å²) < 4.78 is 8.07. The predicted molar refractivity (Wildman–Crippen MR) is 156 cm³/mol. The number of methoxy groups -OCH3 is 1. The Morgan fingerprint density at radius 1 is 0.976 bits per heavy atom. The second-order valence-electron chi connectivity index (χ2n) is 13.4. The molecule has 214 valence electrons. The molecule has 0 N–H and O–H groups in total. The number of carbonyl (C=O) groups excluding carboxylic acids is 1. The van der Waals surface area contributed by atoms with Crippen LogP contribution in [0.4, 0.5) is 0 Å². The Balaban J connectivity index is 1.19. The largest absolute Gasteiger partial charge is 0.468 e.